The molecule has 0 radical (unpaired) electrons. The molecule has 0 bridgehead atoms. The van der Waals surface area contributed by atoms with Crippen molar-refractivity contribution in [3.8, 4) is 6.07 Å². The van der Waals surface area contributed by atoms with Gasteiger partial charge in [0.1, 0.15) is 6.07 Å². The van der Waals surface area contributed by atoms with Crippen molar-refractivity contribution in [2.75, 3.05) is 13.2 Å². The van der Waals surface area contributed by atoms with Gasteiger partial charge in [0.15, 0.2) is 0 Å². The Kier molecular flexibility index (Phi) is 5.63. The van der Waals surface area contributed by atoms with Crippen LogP contribution >= 0.6 is 12.2 Å². The molecule has 140 valence electrons. The fourth-order valence-electron chi connectivity index (χ4n) is 2.40. The summed E-state index contributed by atoms with van der Waals surface area (Å²) in [6.45, 7) is 2.27. The van der Waals surface area contributed by atoms with E-state index in [4.69, 9.17) is 17.0 Å². The molecule has 26 heavy (non-hydrogen) atoms. The van der Waals surface area contributed by atoms with Crippen molar-refractivity contribution in [2.24, 2.45) is 0 Å². The minimum Gasteiger partial charge on any atom is -0.383 e. The monoisotopic (exact) mass is 394 g/mol. The number of nitrogens with one attached hydrogen (secondary N) is 1. The van der Waals surface area contributed by atoms with Gasteiger partial charge in [-0.25, -0.2) is 0 Å². The van der Waals surface area contributed by atoms with E-state index in [2.05, 4.69) is 5.32 Å². The molecule has 0 amide bonds. The van der Waals surface area contributed by atoms with E-state index < -0.39 is 40.0 Å². The van der Waals surface area contributed by atoms with Crippen molar-refractivity contribution in [1.82, 2.24) is 5.32 Å². The number of hydrogen-bond acceptors (Lipinski definition) is 4. The van der Waals surface area contributed by atoms with Gasteiger partial charge in [-0.3, -0.25) is 0 Å². The molecule has 0 aliphatic carbocycles. The SMILES string of the molecule is CC1OCCN/C1=C(/C#N)C(=S)c1cc(C(F)(F)F)cc(C(F)(F)F)c1. The van der Waals surface area contributed by atoms with E-state index in [1.807, 2.05) is 0 Å². The molecule has 0 saturated carbocycles. The highest BCUT2D eigenvalue weighted by Crippen LogP contribution is 2.37. The van der Waals surface area contributed by atoms with E-state index in [0.717, 1.165) is 0 Å². The molecule has 1 saturated heterocycles. The molecule has 1 aromatic rings. The first-order valence-corrected chi connectivity index (χ1v) is 7.70. The van der Waals surface area contributed by atoms with Crippen molar-refractivity contribution >= 4 is 17.1 Å². The summed E-state index contributed by atoms with van der Waals surface area (Å²) >= 11 is 5.03. The molecular weight excluding hydrogens is 382 g/mol. The largest absolute Gasteiger partial charge is 0.416 e. The van der Waals surface area contributed by atoms with Gasteiger partial charge >= 0.3 is 12.4 Å². The molecule has 3 nitrogen and oxygen atoms in total. The second-order valence-corrected chi connectivity index (χ2v) is 5.87. The topological polar surface area (TPSA) is 45.0 Å². The maximum absolute atomic E-state index is 13.0. The Hall–Kier alpha value is -2.12. The predicted molar refractivity (Wildman–Crippen MR) is 84.2 cm³/mol. The minimum atomic E-state index is -4.99. The van der Waals surface area contributed by atoms with Crippen molar-refractivity contribution in [2.45, 2.75) is 25.4 Å². The van der Waals surface area contributed by atoms with Gasteiger partial charge in [-0.1, -0.05) is 12.2 Å². The van der Waals surface area contributed by atoms with E-state index in [1.54, 1.807) is 13.0 Å². The Morgan fingerprint density at radius 1 is 1.15 bits per heavy atom. The first-order valence-electron chi connectivity index (χ1n) is 7.29. The highest BCUT2D eigenvalue weighted by atomic mass is 32.1. The molecule has 1 fully saturated rings. The molecule has 1 atom stereocenters. The van der Waals surface area contributed by atoms with Crippen LogP contribution in [-0.4, -0.2) is 24.1 Å². The lowest BCUT2D eigenvalue weighted by atomic mass is 9.97. The quantitative estimate of drug-likeness (QED) is 0.268. The third kappa shape index (κ3) is 4.34. The Balaban J connectivity index is 2.61. The Bertz CT molecular complexity index is 759. The molecule has 0 spiro atoms. The zero-order valence-electron chi connectivity index (χ0n) is 13.3. The summed E-state index contributed by atoms with van der Waals surface area (Å²) in [4.78, 5) is -0.413. The Morgan fingerprint density at radius 2 is 1.69 bits per heavy atom. The molecule has 2 rings (SSSR count). The van der Waals surface area contributed by atoms with Crippen molar-refractivity contribution in [3.05, 3.63) is 46.2 Å². The highest BCUT2D eigenvalue weighted by Gasteiger charge is 2.37. The number of rotatable bonds is 2. The van der Waals surface area contributed by atoms with Gasteiger partial charge in [0.05, 0.1) is 40.0 Å². The first-order chi connectivity index (χ1) is 11.9. The molecule has 1 aliphatic heterocycles. The smallest absolute Gasteiger partial charge is 0.383 e. The van der Waals surface area contributed by atoms with Crippen LogP contribution in [0.5, 0.6) is 0 Å². The zero-order valence-corrected chi connectivity index (χ0v) is 14.1. The molecule has 0 aromatic heterocycles. The maximum Gasteiger partial charge on any atom is 0.416 e. The van der Waals surface area contributed by atoms with Crippen LogP contribution in [0.2, 0.25) is 0 Å². The van der Waals surface area contributed by atoms with Gasteiger partial charge in [-0.05, 0) is 30.7 Å². The third-order valence-corrected chi connectivity index (χ3v) is 4.09. The lowest BCUT2D eigenvalue weighted by molar-refractivity contribution is -0.143. The summed E-state index contributed by atoms with van der Waals surface area (Å²) in [6.07, 6.45) is -10.6. The van der Waals surface area contributed by atoms with Gasteiger partial charge in [0, 0.05) is 6.54 Å². The molecule has 1 heterocycles. The fraction of sp³-hybridized carbons (Fsp3) is 0.375. The van der Waals surface area contributed by atoms with Crippen LogP contribution in [-0.2, 0) is 17.1 Å². The zero-order chi connectivity index (χ0) is 19.7. The van der Waals surface area contributed by atoms with Crippen molar-refractivity contribution in [3.63, 3.8) is 0 Å². The molecule has 1 unspecified atom stereocenters. The molecule has 1 aliphatic rings. The number of benzene rings is 1. The lowest BCUT2D eigenvalue weighted by Gasteiger charge is -2.26. The summed E-state index contributed by atoms with van der Waals surface area (Å²) in [5, 5.41) is 12.2. The van der Waals surface area contributed by atoms with Gasteiger partial charge in [-0.15, -0.1) is 0 Å². The van der Waals surface area contributed by atoms with Crippen LogP contribution in [0.15, 0.2) is 29.5 Å². The fourth-order valence-corrected chi connectivity index (χ4v) is 2.68. The van der Waals surface area contributed by atoms with E-state index in [-0.39, 0.29) is 17.3 Å². The second kappa shape index (κ2) is 7.25. The maximum atomic E-state index is 13.0. The molecule has 10 heteroatoms. The Labute approximate surface area is 150 Å². The standard InChI is InChI=1S/C16H12F6N2OS/c1-8-13(24-2-3-25-8)12(7-23)14(26)9-4-10(15(17,18)19)6-11(5-9)16(20,21)22/h4-6,8,24H,2-3H2,1H3/b13-12-. The number of nitrogens with zero attached hydrogens (tertiary/aromatic N) is 1. The van der Waals surface area contributed by atoms with Gasteiger partial charge in [0.25, 0.3) is 0 Å². The van der Waals surface area contributed by atoms with Gasteiger partial charge < -0.3 is 10.1 Å². The normalized spacial score (nSPS) is 20.2. The second-order valence-electron chi connectivity index (χ2n) is 5.46. The summed E-state index contributed by atoms with van der Waals surface area (Å²) in [5.74, 6) is 0. The summed E-state index contributed by atoms with van der Waals surface area (Å²) < 4.78 is 83.2. The average molecular weight is 394 g/mol. The number of ether oxygens (including phenoxy) is 1. The summed E-state index contributed by atoms with van der Waals surface area (Å²) in [6, 6.07) is 2.77. The third-order valence-electron chi connectivity index (χ3n) is 3.65. The van der Waals surface area contributed by atoms with Crippen LogP contribution in [0.25, 0.3) is 0 Å². The van der Waals surface area contributed by atoms with Crippen molar-refractivity contribution in [1.29, 1.82) is 5.26 Å². The number of thiocarbonyl (C=S) groups is 1. The van der Waals surface area contributed by atoms with E-state index in [0.29, 0.717) is 25.3 Å². The number of morpholine rings is 1. The Morgan fingerprint density at radius 3 is 2.12 bits per heavy atom. The summed E-state index contributed by atoms with van der Waals surface area (Å²) in [5.41, 5.74) is -3.49. The van der Waals surface area contributed by atoms with Crippen molar-refractivity contribution < 1.29 is 31.1 Å². The van der Waals surface area contributed by atoms with Crippen LogP contribution in [0.4, 0.5) is 26.3 Å². The lowest BCUT2D eigenvalue weighted by Crippen LogP contribution is -2.36. The average Bonchev–Trinajstić information content (AvgIpc) is 2.55. The van der Waals surface area contributed by atoms with Gasteiger partial charge in [0.2, 0.25) is 0 Å². The molecule has 1 N–H and O–H groups in total. The molecule has 1 aromatic carbocycles. The first kappa shape index (κ1) is 20.2. The number of allylic oxidation sites excluding steroid dienone is 1. The number of alkyl halides is 6. The van der Waals surface area contributed by atoms with E-state index in [9.17, 15) is 31.6 Å². The number of nitriles is 1. The summed E-state index contributed by atoms with van der Waals surface area (Å²) in [7, 11) is 0. The predicted octanol–water partition coefficient (Wildman–Crippen LogP) is 4.23. The van der Waals surface area contributed by atoms with Crippen LogP contribution < -0.4 is 5.32 Å². The van der Waals surface area contributed by atoms with E-state index in [1.165, 1.54) is 0 Å². The van der Waals surface area contributed by atoms with Crippen LogP contribution in [0, 0.1) is 11.3 Å². The van der Waals surface area contributed by atoms with E-state index >= 15 is 0 Å². The molecular formula is C16H12F6N2OS. The van der Waals surface area contributed by atoms with Crippen LogP contribution in [0.1, 0.15) is 23.6 Å². The number of halogens is 6. The highest BCUT2D eigenvalue weighted by molar-refractivity contribution is 7.81. The number of hydrogen-bond donors (Lipinski definition) is 1. The van der Waals surface area contributed by atoms with Crippen LogP contribution in [0.3, 0.4) is 0 Å². The minimum absolute atomic E-state index is 0.00982. The van der Waals surface area contributed by atoms with Gasteiger partial charge in [-0.2, -0.15) is 31.6 Å².